The SMILES string of the molecule is CNC(=O)c1cc(Cl)c(F)cc1NC(=O)C1(c2ccccc2C(C)C)CN(C(=S)NC[C@@H](O)CO)C1. The molecule has 1 saturated heterocycles. The Morgan fingerprint density at radius 3 is 2.53 bits per heavy atom. The molecule has 2 aromatic carbocycles. The molecule has 11 heteroatoms. The number of benzene rings is 2. The molecule has 0 bridgehead atoms. The number of carbonyl (C=O) groups is 2. The van der Waals surface area contributed by atoms with Gasteiger partial charge in [-0.1, -0.05) is 49.7 Å². The summed E-state index contributed by atoms with van der Waals surface area (Å²) in [5.41, 5.74) is 0.792. The molecule has 1 heterocycles. The van der Waals surface area contributed by atoms with Crippen LogP contribution in [0.25, 0.3) is 0 Å². The number of nitrogens with zero attached hydrogens (tertiary/aromatic N) is 1. The quantitative estimate of drug-likeness (QED) is 0.329. The van der Waals surface area contributed by atoms with Gasteiger partial charge in [-0.25, -0.2) is 4.39 Å². The monoisotopic (exact) mass is 536 g/mol. The van der Waals surface area contributed by atoms with Crippen LogP contribution in [-0.4, -0.2) is 71.4 Å². The Bertz CT molecular complexity index is 1160. The van der Waals surface area contributed by atoms with Crippen molar-refractivity contribution in [3.63, 3.8) is 0 Å². The summed E-state index contributed by atoms with van der Waals surface area (Å²) in [6.07, 6.45) is -0.970. The van der Waals surface area contributed by atoms with Gasteiger partial charge >= 0.3 is 0 Å². The van der Waals surface area contributed by atoms with Crippen molar-refractivity contribution in [2.24, 2.45) is 0 Å². The number of aliphatic hydroxyl groups is 2. The third kappa shape index (κ3) is 5.62. The fraction of sp³-hybridized carbons (Fsp3) is 0.400. The van der Waals surface area contributed by atoms with Gasteiger partial charge in [-0.15, -0.1) is 0 Å². The van der Waals surface area contributed by atoms with Crippen LogP contribution in [0, 0.1) is 5.82 Å². The summed E-state index contributed by atoms with van der Waals surface area (Å²) in [4.78, 5) is 28.0. The first-order chi connectivity index (χ1) is 17.0. The Labute approximate surface area is 219 Å². The zero-order valence-corrected chi connectivity index (χ0v) is 21.8. The topological polar surface area (TPSA) is 114 Å². The van der Waals surface area contributed by atoms with Crippen LogP contribution in [-0.2, 0) is 10.2 Å². The second kappa shape index (κ2) is 11.5. The number of nitrogens with one attached hydrogen (secondary N) is 3. The van der Waals surface area contributed by atoms with E-state index in [0.717, 1.165) is 17.2 Å². The lowest BCUT2D eigenvalue weighted by molar-refractivity contribution is -0.126. The summed E-state index contributed by atoms with van der Waals surface area (Å²) in [5, 5.41) is 26.9. The van der Waals surface area contributed by atoms with E-state index in [4.69, 9.17) is 28.9 Å². The number of rotatable bonds is 8. The standard InChI is InChI=1S/C25H30ClFN4O4S/c1-14(2)16-6-4-5-7-18(16)25(12-31(13-25)24(36)29-10-15(33)11-32)23(35)30-21-9-20(27)19(26)8-17(21)22(34)28-3/h4-9,14-15,32-33H,10-13H2,1-3H3,(H,28,34)(H,29,36)(H,30,35)/t15-/m1/s1. The number of hydrogen-bond donors (Lipinski definition) is 5. The van der Waals surface area contributed by atoms with E-state index >= 15 is 0 Å². The maximum atomic E-state index is 14.3. The van der Waals surface area contributed by atoms with Gasteiger partial charge in [-0.3, -0.25) is 9.59 Å². The van der Waals surface area contributed by atoms with Crippen molar-refractivity contribution in [1.29, 1.82) is 0 Å². The van der Waals surface area contributed by atoms with Crippen molar-refractivity contribution < 1.29 is 24.2 Å². The van der Waals surface area contributed by atoms with Crippen LogP contribution in [0.5, 0.6) is 0 Å². The number of likely N-dealkylation sites (tertiary alicyclic amines) is 1. The van der Waals surface area contributed by atoms with Crippen LogP contribution in [0.15, 0.2) is 36.4 Å². The molecule has 1 atom stereocenters. The molecule has 36 heavy (non-hydrogen) atoms. The maximum Gasteiger partial charge on any atom is 0.253 e. The lowest BCUT2D eigenvalue weighted by atomic mass is 9.69. The van der Waals surface area contributed by atoms with Crippen molar-refractivity contribution in [1.82, 2.24) is 15.5 Å². The molecule has 0 unspecified atom stereocenters. The molecular weight excluding hydrogens is 507 g/mol. The van der Waals surface area contributed by atoms with Crippen molar-refractivity contribution in [2.45, 2.75) is 31.3 Å². The first-order valence-corrected chi connectivity index (χ1v) is 12.3. The normalized spacial score (nSPS) is 15.2. The maximum absolute atomic E-state index is 14.3. The van der Waals surface area contributed by atoms with Gasteiger partial charge in [0, 0.05) is 26.7 Å². The number of amides is 2. The van der Waals surface area contributed by atoms with Crippen LogP contribution >= 0.6 is 23.8 Å². The van der Waals surface area contributed by atoms with Crippen LogP contribution in [0.2, 0.25) is 5.02 Å². The van der Waals surface area contributed by atoms with Crippen LogP contribution in [0.4, 0.5) is 10.1 Å². The molecule has 0 saturated carbocycles. The summed E-state index contributed by atoms with van der Waals surface area (Å²) < 4.78 is 14.3. The van der Waals surface area contributed by atoms with E-state index < -0.39 is 35.8 Å². The van der Waals surface area contributed by atoms with Crippen molar-refractivity contribution >= 4 is 46.4 Å². The van der Waals surface area contributed by atoms with Gasteiger partial charge < -0.3 is 31.1 Å². The van der Waals surface area contributed by atoms with E-state index in [1.54, 1.807) is 4.90 Å². The molecule has 8 nitrogen and oxygen atoms in total. The molecule has 1 aliphatic rings. The summed E-state index contributed by atoms with van der Waals surface area (Å²) in [6.45, 7) is 4.15. The molecule has 5 N–H and O–H groups in total. The number of anilines is 1. The molecule has 194 valence electrons. The highest BCUT2D eigenvalue weighted by molar-refractivity contribution is 7.80. The molecule has 3 rings (SSSR count). The fourth-order valence-corrected chi connectivity index (χ4v) is 4.59. The van der Waals surface area contributed by atoms with E-state index in [-0.39, 0.29) is 41.8 Å². The predicted molar refractivity (Wildman–Crippen MR) is 141 cm³/mol. The zero-order valence-electron chi connectivity index (χ0n) is 20.3. The summed E-state index contributed by atoms with van der Waals surface area (Å²) in [7, 11) is 1.43. The van der Waals surface area contributed by atoms with E-state index in [1.807, 2.05) is 38.1 Å². The van der Waals surface area contributed by atoms with Crippen molar-refractivity contribution in [3.05, 3.63) is 63.9 Å². The van der Waals surface area contributed by atoms with Gasteiger partial charge in [0.2, 0.25) is 5.91 Å². The largest absolute Gasteiger partial charge is 0.394 e. The van der Waals surface area contributed by atoms with Gasteiger partial charge in [0.25, 0.3) is 5.91 Å². The Balaban J connectivity index is 1.97. The van der Waals surface area contributed by atoms with Crippen LogP contribution < -0.4 is 16.0 Å². The predicted octanol–water partition coefficient (Wildman–Crippen LogP) is 2.38. The average molecular weight is 537 g/mol. The Morgan fingerprint density at radius 1 is 1.25 bits per heavy atom. The van der Waals surface area contributed by atoms with E-state index in [2.05, 4.69) is 16.0 Å². The molecule has 2 amide bonds. The fourth-order valence-electron chi connectivity index (χ4n) is 4.22. The Morgan fingerprint density at radius 2 is 1.92 bits per heavy atom. The summed E-state index contributed by atoms with van der Waals surface area (Å²) in [5.74, 6) is -1.58. The van der Waals surface area contributed by atoms with Gasteiger partial charge in [0.1, 0.15) is 11.2 Å². The molecule has 0 aromatic heterocycles. The molecule has 2 aromatic rings. The summed E-state index contributed by atoms with van der Waals surface area (Å²) >= 11 is 11.3. The molecule has 0 aliphatic carbocycles. The van der Waals surface area contributed by atoms with Crippen molar-refractivity contribution in [2.75, 3.05) is 38.6 Å². The molecule has 0 radical (unpaired) electrons. The lowest BCUT2D eigenvalue weighted by Crippen LogP contribution is -2.68. The lowest BCUT2D eigenvalue weighted by Gasteiger charge is -2.51. The van der Waals surface area contributed by atoms with Gasteiger partial charge in [-0.2, -0.15) is 0 Å². The number of thiocarbonyl (C=S) groups is 1. The first kappa shape index (κ1) is 27.8. The van der Waals surface area contributed by atoms with Crippen LogP contribution in [0.3, 0.4) is 0 Å². The second-order valence-electron chi connectivity index (χ2n) is 9.05. The highest BCUT2D eigenvalue weighted by atomic mass is 35.5. The smallest absolute Gasteiger partial charge is 0.253 e. The molecule has 0 spiro atoms. The Hall–Kier alpha value is -2.79. The molecular formula is C25H30ClFN4O4S. The molecule has 1 fully saturated rings. The van der Waals surface area contributed by atoms with Gasteiger partial charge in [-0.05, 0) is 41.4 Å². The molecule has 1 aliphatic heterocycles. The van der Waals surface area contributed by atoms with Crippen LogP contribution in [0.1, 0.15) is 41.3 Å². The average Bonchev–Trinajstić information content (AvgIpc) is 2.83. The van der Waals surface area contributed by atoms with Gasteiger partial charge in [0.05, 0.1) is 29.0 Å². The van der Waals surface area contributed by atoms with E-state index in [1.165, 1.54) is 13.1 Å². The number of aliphatic hydroxyl groups excluding tert-OH is 2. The summed E-state index contributed by atoms with van der Waals surface area (Å²) in [6, 6.07) is 9.82. The number of carbonyl (C=O) groups excluding carboxylic acids is 2. The minimum Gasteiger partial charge on any atom is -0.394 e. The minimum absolute atomic E-state index is 0.00729. The van der Waals surface area contributed by atoms with Gasteiger partial charge in [0.15, 0.2) is 5.11 Å². The second-order valence-corrected chi connectivity index (χ2v) is 9.84. The van der Waals surface area contributed by atoms with Crippen molar-refractivity contribution in [3.8, 4) is 0 Å². The van der Waals surface area contributed by atoms with E-state index in [9.17, 15) is 19.1 Å². The number of hydrogen-bond acceptors (Lipinski definition) is 5. The first-order valence-electron chi connectivity index (χ1n) is 11.5. The van der Waals surface area contributed by atoms with E-state index in [0.29, 0.717) is 5.11 Å². The number of halogens is 2. The third-order valence-corrected chi connectivity index (χ3v) is 6.91. The minimum atomic E-state index is -1.04. The third-order valence-electron chi connectivity index (χ3n) is 6.22. The Kier molecular flexibility index (Phi) is 8.89. The highest BCUT2D eigenvalue weighted by Crippen LogP contribution is 2.40. The zero-order chi connectivity index (χ0) is 26.6. The highest BCUT2D eigenvalue weighted by Gasteiger charge is 2.52.